The molecule has 1 heterocycles. The third kappa shape index (κ3) is 8.99. The molecular formula is C29H34ClNO3S. The molecule has 0 aliphatic heterocycles. The summed E-state index contributed by atoms with van der Waals surface area (Å²) in [5.41, 5.74) is 3.34. The number of nitrogens with zero attached hydrogens (tertiary/aromatic N) is 1. The summed E-state index contributed by atoms with van der Waals surface area (Å²) >= 11 is 7.95. The SMILES string of the molecule is C[C@H](CCC[C@H](SCCC(C)(C)O)c1cccc(/C=C/c2ccc3ccc(Cl)cc3n2)c1)C(=O)O. The fourth-order valence-electron chi connectivity index (χ4n) is 3.77. The lowest BCUT2D eigenvalue weighted by molar-refractivity contribution is -0.141. The van der Waals surface area contributed by atoms with E-state index >= 15 is 0 Å². The summed E-state index contributed by atoms with van der Waals surface area (Å²) in [6.45, 7) is 5.42. The Labute approximate surface area is 217 Å². The van der Waals surface area contributed by atoms with Crippen LogP contribution in [-0.2, 0) is 4.79 Å². The molecule has 3 rings (SSSR count). The molecule has 0 bridgehead atoms. The highest BCUT2D eigenvalue weighted by Gasteiger charge is 2.18. The highest BCUT2D eigenvalue weighted by atomic mass is 35.5. The van der Waals surface area contributed by atoms with Crippen molar-refractivity contribution >= 4 is 52.4 Å². The zero-order valence-corrected chi connectivity index (χ0v) is 22.1. The van der Waals surface area contributed by atoms with Crippen molar-refractivity contribution in [3.8, 4) is 0 Å². The summed E-state index contributed by atoms with van der Waals surface area (Å²) in [4.78, 5) is 15.9. The lowest BCUT2D eigenvalue weighted by Gasteiger charge is -2.21. The number of aromatic nitrogens is 1. The molecule has 2 N–H and O–H groups in total. The van der Waals surface area contributed by atoms with Gasteiger partial charge in [0.25, 0.3) is 0 Å². The van der Waals surface area contributed by atoms with Gasteiger partial charge in [-0.25, -0.2) is 4.98 Å². The van der Waals surface area contributed by atoms with Crippen molar-refractivity contribution < 1.29 is 15.0 Å². The summed E-state index contributed by atoms with van der Waals surface area (Å²) in [6, 6.07) is 18.2. The largest absolute Gasteiger partial charge is 0.481 e. The lowest BCUT2D eigenvalue weighted by atomic mass is 9.99. The molecule has 0 saturated carbocycles. The Morgan fingerprint density at radius 3 is 2.63 bits per heavy atom. The molecule has 0 aliphatic rings. The topological polar surface area (TPSA) is 70.4 Å². The molecule has 2 atom stereocenters. The van der Waals surface area contributed by atoms with Crippen LogP contribution in [0.2, 0.25) is 5.02 Å². The maximum absolute atomic E-state index is 11.2. The Hall–Kier alpha value is -2.34. The number of carbonyl (C=O) groups is 1. The molecule has 0 amide bonds. The smallest absolute Gasteiger partial charge is 0.306 e. The molecule has 0 unspecified atom stereocenters. The number of hydrogen-bond acceptors (Lipinski definition) is 4. The lowest BCUT2D eigenvalue weighted by Crippen LogP contribution is -2.19. The molecule has 4 nitrogen and oxygen atoms in total. The number of benzene rings is 2. The van der Waals surface area contributed by atoms with Gasteiger partial charge in [0.2, 0.25) is 0 Å². The normalized spacial score (nSPS) is 13.9. The Kier molecular flexibility index (Phi) is 9.79. The number of aliphatic hydroxyl groups is 1. The van der Waals surface area contributed by atoms with Crippen LogP contribution in [0.25, 0.3) is 23.1 Å². The molecule has 35 heavy (non-hydrogen) atoms. The van der Waals surface area contributed by atoms with E-state index in [1.165, 1.54) is 5.56 Å². The Morgan fingerprint density at radius 2 is 1.89 bits per heavy atom. The molecule has 2 aromatic carbocycles. The molecule has 0 aliphatic carbocycles. The molecule has 1 aromatic heterocycles. The summed E-state index contributed by atoms with van der Waals surface area (Å²) < 4.78 is 0. The van der Waals surface area contributed by atoms with E-state index in [1.807, 2.05) is 62.0 Å². The van der Waals surface area contributed by atoms with Crippen molar-refractivity contribution in [1.29, 1.82) is 0 Å². The van der Waals surface area contributed by atoms with Crippen LogP contribution >= 0.6 is 23.4 Å². The summed E-state index contributed by atoms with van der Waals surface area (Å²) in [5, 5.41) is 21.3. The fourth-order valence-corrected chi connectivity index (χ4v) is 5.51. The number of pyridine rings is 1. The van der Waals surface area contributed by atoms with E-state index in [0.29, 0.717) is 17.9 Å². The Balaban J connectivity index is 1.74. The van der Waals surface area contributed by atoms with Crippen molar-refractivity contribution in [3.63, 3.8) is 0 Å². The monoisotopic (exact) mass is 511 g/mol. The van der Waals surface area contributed by atoms with Gasteiger partial charge in [0.05, 0.1) is 22.7 Å². The van der Waals surface area contributed by atoms with Crippen molar-refractivity contribution in [1.82, 2.24) is 4.98 Å². The van der Waals surface area contributed by atoms with Gasteiger partial charge in [-0.2, -0.15) is 11.8 Å². The number of hydrogen-bond donors (Lipinski definition) is 2. The number of halogens is 1. The second-order valence-electron chi connectivity index (χ2n) is 9.67. The van der Waals surface area contributed by atoms with E-state index in [4.69, 9.17) is 16.6 Å². The van der Waals surface area contributed by atoms with Crippen molar-refractivity contribution in [2.24, 2.45) is 5.92 Å². The molecule has 0 spiro atoms. The summed E-state index contributed by atoms with van der Waals surface area (Å²) in [5.74, 6) is -0.240. The molecule has 0 radical (unpaired) electrons. The van der Waals surface area contributed by atoms with Gasteiger partial charge in [-0.3, -0.25) is 4.79 Å². The van der Waals surface area contributed by atoms with E-state index < -0.39 is 11.6 Å². The van der Waals surface area contributed by atoms with Crippen LogP contribution in [0.1, 0.15) is 68.5 Å². The van der Waals surface area contributed by atoms with Crippen LogP contribution in [0.5, 0.6) is 0 Å². The van der Waals surface area contributed by atoms with Crippen LogP contribution < -0.4 is 0 Å². The molecule has 186 valence electrons. The second-order valence-corrected chi connectivity index (χ2v) is 11.4. The Bertz CT molecular complexity index is 1170. The predicted octanol–water partition coefficient (Wildman–Crippen LogP) is 7.88. The zero-order valence-electron chi connectivity index (χ0n) is 20.6. The zero-order chi connectivity index (χ0) is 25.4. The van der Waals surface area contributed by atoms with Crippen molar-refractivity contribution in [2.75, 3.05) is 5.75 Å². The summed E-state index contributed by atoms with van der Waals surface area (Å²) in [7, 11) is 0. The van der Waals surface area contributed by atoms with Crippen LogP contribution in [-0.4, -0.2) is 32.5 Å². The molecule has 0 saturated heterocycles. The van der Waals surface area contributed by atoms with Gasteiger partial charge >= 0.3 is 5.97 Å². The first kappa shape index (κ1) is 27.3. The van der Waals surface area contributed by atoms with Gasteiger partial charge in [-0.15, -0.1) is 0 Å². The number of rotatable bonds is 12. The molecule has 6 heteroatoms. The quantitative estimate of drug-likeness (QED) is 0.258. The number of aliphatic carboxylic acids is 1. The number of carboxylic acid groups (broad SMARTS) is 1. The van der Waals surface area contributed by atoms with E-state index in [9.17, 15) is 15.0 Å². The van der Waals surface area contributed by atoms with E-state index in [0.717, 1.165) is 40.8 Å². The first-order valence-corrected chi connectivity index (χ1v) is 13.4. The minimum atomic E-state index is -0.743. The average Bonchev–Trinajstić information content (AvgIpc) is 2.80. The predicted molar refractivity (Wildman–Crippen MR) is 149 cm³/mol. The van der Waals surface area contributed by atoms with Crippen LogP contribution in [0.3, 0.4) is 0 Å². The highest BCUT2D eigenvalue weighted by molar-refractivity contribution is 7.99. The fraction of sp³-hybridized carbons (Fsp3) is 0.379. The third-order valence-corrected chi connectivity index (χ3v) is 7.55. The summed E-state index contributed by atoms with van der Waals surface area (Å²) in [6.07, 6.45) is 7.18. The van der Waals surface area contributed by atoms with Crippen LogP contribution in [0.4, 0.5) is 0 Å². The first-order valence-electron chi connectivity index (χ1n) is 12.0. The molecule has 3 aromatic rings. The third-order valence-electron chi connectivity index (χ3n) is 5.96. The van der Waals surface area contributed by atoms with Gasteiger partial charge in [0.1, 0.15) is 0 Å². The molecule has 0 fully saturated rings. The van der Waals surface area contributed by atoms with Gasteiger partial charge < -0.3 is 10.2 Å². The second kappa shape index (κ2) is 12.6. The highest BCUT2D eigenvalue weighted by Crippen LogP contribution is 2.36. The van der Waals surface area contributed by atoms with Gasteiger partial charge in [0.15, 0.2) is 0 Å². The van der Waals surface area contributed by atoms with Gasteiger partial charge in [-0.05, 0) is 74.3 Å². The van der Waals surface area contributed by atoms with Crippen molar-refractivity contribution in [2.45, 2.75) is 57.3 Å². The van der Waals surface area contributed by atoms with E-state index in [1.54, 1.807) is 6.92 Å². The van der Waals surface area contributed by atoms with E-state index in [-0.39, 0.29) is 11.2 Å². The maximum atomic E-state index is 11.2. The van der Waals surface area contributed by atoms with Gasteiger partial charge in [0, 0.05) is 15.7 Å². The molecular weight excluding hydrogens is 478 g/mol. The number of thioether (sulfide) groups is 1. The van der Waals surface area contributed by atoms with Gasteiger partial charge in [-0.1, -0.05) is 67.4 Å². The maximum Gasteiger partial charge on any atom is 0.306 e. The van der Waals surface area contributed by atoms with E-state index in [2.05, 4.69) is 30.3 Å². The Morgan fingerprint density at radius 1 is 1.11 bits per heavy atom. The van der Waals surface area contributed by atoms with Crippen LogP contribution in [0, 0.1) is 5.92 Å². The average molecular weight is 512 g/mol. The first-order chi connectivity index (χ1) is 16.6. The van der Waals surface area contributed by atoms with Crippen molar-refractivity contribution in [3.05, 3.63) is 76.4 Å². The number of carboxylic acids is 1. The minimum Gasteiger partial charge on any atom is -0.481 e. The number of fused-ring (bicyclic) bond motifs is 1. The standard InChI is InChI=1S/C29H34ClNO3S/c1-20(28(32)33)6-4-9-27(35-17-16-29(2,3)34)23-8-5-7-21(18-23)10-14-25-15-12-22-11-13-24(30)19-26(22)31-25/h5,7-8,10-15,18-20,27,34H,4,6,9,16-17H2,1-3H3,(H,32,33)/b14-10+/t20-,27+/m1/s1. The minimum absolute atomic E-state index is 0.243. The van der Waals surface area contributed by atoms with Crippen LogP contribution in [0.15, 0.2) is 54.6 Å².